The molecular formula is C11H13ClN4. The molecule has 0 aliphatic heterocycles. The third-order valence-corrected chi connectivity index (χ3v) is 2.67. The number of nitrogen functional groups attached to an aromatic ring is 1. The standard InChI is InChI=1S/C11H13ClN4/c1-7(2)16-10(11(13)14-15-16)8-5-3-4-6-9(8)12/h3-7H,13H2,1-2H3. The molecule has 4 nitrogen and oxygen atoms in total. The van der Waals surface area contributed by atoms with Crippen LogP contribution >= 0.6 is 11.6 Å². The van der Waals surface area contributed by atoms with Gasteiger partial charge in [0.25, 0.3) is 0 Å². The van der Waals surface area contributed by atoms with Crippen LogP contribution in [0.3, 0.4) is 0 Å². The Morgan fingerprint density at radius 2 is 2.00 bits per heavy atom. The zero-order chi connectivity index (χ0) is 11.7. The molecular weight excluding hydrogens is 224 g/mol. The molecule has 1 aromatic heterocycles. The lowest BCUT2D eigenvalue weighted by Crippen LogP contribution is -2.05. The van der Waals surface area contributed by atoms with E-state index in [4.69, 9.17) is 17.3 Å². The normalized spacial score (nSPS) is 11.0. The fourth-order valence-corrected chi connectivity index (χ4v) is 1.81. The molecule has 0 amide bonds. The predicted molar refractivity (Wildman–Crippen MR) is 65.3 cm³/mol. The highest BCUT2D eigenvalue weighted by molar-refractivity contribution is 6.33. The molecule has 0 saturated heterocycles. The van der Waals surface area contributed by atoms with E-state index in [2.05, 4.69) is 10.3 Å². The van der Waals surface area contributed by atoms with Crippen LogP contribution in [-0.4, -0.2) is 15.0 Å². The van der Waals surface area contributed by atoms with Gasteiger partial charge in [0.1, 0.15) is 5.69 Å². The fourth-order valence-electron chi connectivity index (χ4n) is 1.58. The lowest BCUT2D eigenvalue weighted by molar-refractivity contribution is 0.519. The average molecular weight is 237 g/mol. The molecule has 84 valence electrons. The number of nitrogens with zero attached hydrogens (tertiary/aromatic N) is 3. The van der Waals surface area contributed by atoms with Crippen LogP contribution in [0.4, 0.5) is 5.82 Å². The summed E-state index contributed by atoms with van der Waals surface area (Å²) >= 11 is 6.14. The maximum absolute atomic E-state index is 6.14. The minimum Gasteiger partial charge on any atom is -0.380 e. The first kappa shape index (κ1) is 11.0. The van der Waals surface area contributed by atoms with Crippen LogP contribution in [-0.2, 0) is 0 Å². The molecule has 5 heteroatoms. The van der Waals surface area contributed by atoms with E-state index in [1.54, 1.807) is 4.68 Å². The van der Waals surface area contributed by atoms with E-state index in [9.17, 15) is 0 Å². The molecule has 0 fully saturated rings. The monoisotopic (exact) mass is 236 g/mol. The van der Waals surface area contributed by atoms with Crippen LogP contribution in [0.25, 0.3) is 11.3 Å². The largest absolute Gasteiger partial charge is 0.380 e. The van der Waals surface area contributed by atoms with Crippen molar-refractivity contribution in [3.05, 3.63) is 29.3 Å². The second-order valence-corrected chi connectivity index (χ2v) is 4.25. The van der Waals surface area contributed by atoms with E-state index < -0.39 is 0 Å². The quantitative estimate of drug-likeness (QED) is 0.872. The molecule has 0 unspecified atom stereocenters. The molecule has 2 rings (SSSR count). The zero-order valence-corrected chi connectivity index (χ0v) is 9.94. The molecule has 0 radical (unpaired) electrons. The van der Waals surface area contributed by atoms with Crippen molar-refractivity contribution < 1.29 is 0 Å². The van der Waals surface area contributed by atoms with E-state index in [-0.39, 0.29) is 6.04 Å². The van der Waals surface area contributed by atoms with Crippen LogP contribution in [0.2, 0.25) is 5.02 Å². The summed E-state index contributed by atoms with van der Waals surface area (Å²) < 4.78 is 1.77. The smallest absolute Gasteiger partial charge is 0.174 e. The van der Waals surface area contributed by atoms with Gasteiger partial charge in [-0.1, -0.05) is 35.0 Å². The number of hydrogen-bond acceptors (Lipinski definition) is 3. The van der Waals surface area contributed by atoms with E-state index >= 15 is 0 Å². The molecule has 2 aromatic rings. The van der Waals surface area contributed by atoms with Crippen molar-refractivity contribution in [2.75, 3.05) is 5.73 Å². The van der Waals surface area contributed by atoms with Crippen molar-refractivity contribution in [1.29, 1.82) is 0 Å². The second-order valence-electron chi connectivity index (χ2n) is 3.84. The van der Waals surface area contributed by atoms with Crippen LogP contribution in [0.5, 0.6) is 0 Å². The molecule has 0 aliphatic rings. The summed E-state index contributed by atoms with van der Waals surface area (Å²) in [6, 6.07) is 7.73. The van der Waals surface area contributed by atoms with Gasteiger partial charge in [0.15, 0.2) is 5.82 Å². The van der Waals surface area contributed by atoms with Gasteiger partial charge in [-0.25, -0.2) is 4.68 Å². The van der Waals surface area contributed by atoms with Gasteiger partial charge in [0.2, 0.25) is 0 Å². The first-order valence-electron chi connectivity index (χ1n) is 5.07. The maximum Gasteiger partial charge on any atom is 0.174 e. The molecule has 0 bridgehead atoms. The van der Waals surface area contributed by atoms with E-state index in [1.807, 2.05) is 38.1 Å². The highest BCUT2D eigenvalue weighted by Crippen LogP contribution is 2.31. The molecule has 0 spiro atoms. The zero-order valence-electron chi connectivity index (χ0n) is 9.18. The van der Waals surface area contributed by atoms with Crippen molar-refractivity contribution in [1.82, 2.24) is 15.0 Å². The van der Waals surface area contributed by atoms with E-state index in [0.29, 0.717) is 10.8 Å². The van der Waals surface area contributed by atoms with Gasteiger partial charge in [0, 0.05) is 11.6 Å². The predicted octanol–water partition coefficient (Wildman–Crippen LogP) is 2.76. The lowest BCUT2D eigenvalue weighted by atomic mass is 10.1. The molecule has 16 heavy (non-hydrogen) atoms. The topological polar surface area (TPSA) is 56.7 Å². The minimum atomic E-state index is 0.191. The van der Waals surface area contributed by atoms with Gasteiger partial charge < -0.3 is 5.73 Å². The maximum atomic E-state index is 6.14. The van der Waals surface area contributed by atoms with Crippen LogP contribution in [0.15, 0.2) is 24.3 Å². The van der Waals surface area contributed by atoms with Gasteiger partial charge in [-0.15, -0.1) is 5.10 Å². The van der Waals surface area contributed by atoms with Crippen molar-refractivity contribution >= 4 is 17.4 Å². The van der Waals surface area contributed by atoms with E-state index in [0.717, 1.165) is 11.3 Å². The number of hydrogen-bond donors (Lipinski definition) is 1. The average Bonchev–Trinajstić information content (AvgIpc) is 2.61. The van der Waals surface area contributed by atoms with Crippen molar-refractivity contribution in [3.8, 4) is 11.3 Å². The Bertz CT molecular complexity index is 504. The number of rotatable bonds is 2. The Hall–Kier alpha value is -1.55. The van der Waals surface area contributed by atoms with Gasteiger partial charge in [-0.2, -0.15) is 0 Å². The third kappa shape index (κ3) is 1.76. The Labute approximate surface area is 99.0 Å². The molecule has 0 saturated carbocycles. The van der Waals surface area contributed by atoms with E-state index in [1.165, 1.54) is 0 Å². The SMILES string of the molecule is CC(C)n1nnc(N)c1-c1ccccc1Cl. The van der Waals surface area contributed by atoms with Gasteiger partial charge in [-0.05, 0) is 19.9 Å². The van der Waals surface area contributed by atoms with Gasteiger partial charge in [-0.3, -0.25) is 0 Å². The first-order chi connectivity index (χ1) is 7.61. The third-order valence-electron chi connectivity index (χ3n) is 2.34. The summed E-state index contributed by atoms with van der Waals surface area (Å²) in [4.78, 5) is 0. The fraction of sp³-hybridized carbons (Fsp3) is 0.273. The lowest BCUT2D eigenvalue weighted by Gasteiger charge is -2.11. The summed E-state index contributed by atoms with van der Waals surface area (Å²) in [6.07, 6.45) is 0. The number of halogens is 1. The van der Waals surface area contributed by atoms with Gasteiger partial charge in [0.05, 0.1) is 5.02 Å². The molecule has 0 atom stereocenters. The number of benzene rings is 1. The van der Waals surface area contributed by atoms with Crippen LogP contribution in [0.1, 0.15) is 19.9 Å². The Morgan fingerprint density at radius 1 is 1.31 bits per heavy atom. The Balaban J connectivity index is 2.64. The molecule has 1 aromatic carbocycles. The van der Waals surface area contributed by atoms with Gasteiger partial charge >= 0.3 is 0 Å². The summed E-state index contributed by atoms with van der Waals surface area (Å²) in [6.45, 7) is 4.04. The summed E-state index contributed by atoms with van der Waals surface area (Å²) in [7, 11) is 0. The van der Waals surface area contributed by atoms with Crippen molar-refractivity contribution in [2.45, 2.75) is 19.9 Å². The summed E-state index contributed by atoms with van der Waals surface area (Å²) in [5, 5.41) is 8.55. The van der Waals surface area contributed by atoms with Crippen molar-refractivity contribution in [3.63, 3.8) is 0 Å². The first-order valence-corrected chi connectivity index (χ1v) is 5.44. The summed E-state index contributed by atoms with van der Waals surface area (Å²) in [5.74, 6) is 0.404. The molecule has 1 heterocycles. The Kier molecular flexibility index (Phi) is 2.83. The second kappa shape index (κ2) is 4.14. The molecule has 0 aliphatic carbocycles. The Morgan fingerprint density at radius 3 is 2.62 bits per heavy atom. The van der Waals surface area contributed by atoms with Crippen LogP contribution < -0.4 is 5.73 Å². The molecule has 2 N–H and O–H groups in total. The number of nitrogens with two attached hydrogens (primary N) is 1. The highest BCUT2D eigenvalue weighted by Gasteiger charge is 2.16. The number of aromatic nitrogens is 3. The highest BCUT2D eigenvalue weighted by atomic mass is 35.5. The number of anilines is 1. The van der Waals surface area contributed by atoms with Crippen molar-refractivity contribution in [2.24, 2.45) is 0 Å². The van der Waals surface area contributed by atoms with Crippen LogP contribution in [0, 0.1) is 0 Å². The minimum absolute atomic E-state index is 0.191. The summed E-state index contributed by atoms with van der Waals surface area (Å²) in [5.41, 5.74) is 7.47.